The number of para-hydroxylation sites is 1. The molecule has 6 heteroatoms. The van der Waals surface area contributed by atoms with Crippen LogP contribution in [0, 0.1) is 0 Å². The zero-order valence-electron chi connectivity index (χ0n) is 12.6. The van der Waals surface area contributed by atoms with Gasteiger partial charge in [0.15, 0.2) is 0 Å². The molecule has 0 aromatic heterocycles. The molecule has 0 aliphatic heterocycles. The van der Waals surface area contributed by atoms with Crippen molar-refractivity contribution in [2.24, 2.45) is 5.10 Å². The van der Waals surface area contributed by atoms with Gasteiger partial charge in [0, 0.05) is 16.3 Å². The number of hydrazone groups is 1. The van der Waals surface area contributed by atoms with Crippen LogP contribution in [0.3, 0.4) is 0 Å². The number of phenols is 1. The molecular weight excluding hydrogens is 332 g/mol. The normalized spacial score (nSPS) is 11.3. The monoisotopic (exact) mass is 348 g/mol. The first-order valence-corrected chi connectivity index (χ1v) is 8.53. The summed E-state index contributed by atoms with van der Waals surface area (Å²) >= 11 is 7.40. The van der Waals surface area contributed by atoms with Crippen LogP contribution in [0.1, 0.15) is 18.1 Å². The molecule has 1 amide bonds. The molecule has 2 aromatic carbocycles. The molecule has 0 unspecified atom stereocenters. The number of phenolic OH excluding ortho intramolecular Hbond substituents is 1. The van der Waals surface area contributed by atoms with Crippen LogP contribution in [0.4, 0.5) is 0 Å². The van der Waals surface area contributed by atoms with Crippen LogP contribution >= 0.6 is 23.4 Å². The molecule has 0 radical (unpaired) electrons. The molecular formula is C17H17ClN2O2S. The average molecular weight is 349 g/mol. The van der Waals surface area contributed by atoms with Crippen molar-refractivity contribution in [2.45, 2.75) is 12.7 Å². The van der Waals surface area contributed by atoms with E-state index in [1.807, 2.05) is 24.3 Å². The molecule has 4 nitrogen and oxygen atoms in total. The second kappa shape index (κ2) is 8.60. The van der Waals surface area contributed by atoms with Gasteiger partial charge in [0.25, 0.3) is 0 Å². The van der Waals surface area contributed by atoms with E-state index in [0.717, 1.165) is 5.56 Å². The summed E-state index contributed by atoms with van der Waals surface area (Å²) < 4.78 is 0. The topological polar surface area (TPSA) is 61.7 Å². The fourth-order valence-electron chi connectivity index (χ4n) is 1.91. The number of benzene rings is 2. The Kier molecular flexibility index (Phi) is 6.50. The van der Waals surface area contributed by atoms with E-state index in [1.165, 1.54) is 11.8 Å². The fourth-order valence-corrected chi connectivity index (χ4v) is 2.89. The number of aromatic hydroxyl groups is 1. The third-order valence-electron chi connectivity index (χ3n) is 3.03. The van der Waals surface area contributed by atoms with E-state index in [9.17, 15) is 9.90 Å². The highest BCUT2D eigenvalue weighted by Crippen LogP contribution is 2.17. The number of carbonyl (C=O) groups is 1. The van der Waals surface area contributed by atoms with Crippen molar-refractivity contribution in [2.75, 3.05) is 5.75 Å². The number of nitrogens with zero attached hydrogens (tertiary/aromatic N) is 1. The van der Waals surface area contributed by atoms with Crippen LogP contribution in [-0.4, -0.2) is 22.5 Å². The van der Waals surface area contributed by atoms with Crippen LogP contribution in [0.5, 0.6) is 5.75 Å². The molecule has 23 heavy (non-hydrogen) atoms. The van der Waals surface area contributed by atoms with E-state index in [4.69, 9.17) is 11.6 Å². The van der Waals surface area contributed by atoms with Crippen molar-refractivity contribution in [1.82, 2.24) is 5.43 Å². The first kappa shape index (κ1) is 17.4. The number of nitrogens with one attached hydrogen (secondary N) is 1. The Labute approximate surface area is 144 Å². The summed E-state index contributed by atoms with van der Waals surface area (Å²) in [6, 6.07) is 14.4. The van der Waals surface area contributed by atoms with Gasteiger partial charge in [-0.25, -0.2) is 5.43 Å². The molecule has 0 spiro atoms. The zero-order chi connectivity index (χ0) is 16.7. The van der Waals surface area contributed by atoms with E-state index in [1.54, 1.807) is 31.2 Å². The highest BCUT2D eigenvalue weighted by atomic mass is 35.5. The van der Waals surface area contributed by atoms with E-state index in [0.29, 0.717) is 27.8 Å². The minimum Gasteiger partial charge on any atom is -0.507 e. The molecule has 0 aliphatic rings. The Balaban J connectivity index is 1.81. The Hall–Kier alpha value is -1.98. The maximum absolute atomic E-state index is 11.8. The number of thioether (sulfide) groups is 1. The molecule has 0 fully saturated rings. The summed E-state index contributed by atoms with van der Waals surface area (Å²) in [6.45, 7) is 1.73. The lowest BCUT2D eigenvalue weighted by molar-refractivity contribution is -0.118. The van der Waals surface area contributed by atoms with Crippen LogP contribution < -0.4 is 5.43 Å². The van der Waals surface area contributed by atoms with Gasteiger partial charge in [0.05, 0.1) is 11.5 Å². The quantitative estimate of drug-likeness (QED) is 0.616. The predicted molar refractivity (Wildman–Crippen MR) is 96.1 cm³/mol. The van der Waals surface area contributed by atoms with E-state index >= 15 is 0 Å². The lowest BCUT2D eigenvalue weighted by Gasteiger charge is -2.05. The first-order chi connectivity index (χ1) is 11.1. The van der Waals surface area contributed by atoms with Gasteiger partial charge < -0.3 is 5.11 Å². The zero-order valence-corrected chi connectivity index (χ0v) is 14.2. The van der Waals surface area contributed by atoms with Crippen LogP contribution in [-0.2, 0) is 10.5 Å². The minimum atomic E-state index is -0.188. The van der Waals surface area contributed by atoms with E-state index < -0.39 is 0 Å². The lowest BCUT2D eigenvalue weighted by atomic mass is 10.1. The second-order valence-corrected chi connectivity index (χ2v) is 6.29. The standard InChI is InChI=1S/C17H17ClN2O2S/c1-12(15-7-2-3-8-16(15)21)19-20-17(22)11-23-10-13-5-4-6-14(18)9-13/h2-9,21H,10-11H2,1H3,(H,20,22)/b19-12-. The fraction of sp³-hybridized carbons (Fsp3) is 0.176. The summed E-state index contributed by atoms with van der Waals surface area (Å²) in [5.41, 5.74) is 4.72. The molecule has 0 bridgehead atoms. The molecule has 2 aromatic rings. The molecule has 0 aliphatic carbocycles. The van der Waals surface area contributed by atoms with Gasteiger partial charge in [-0.1, -0.05) is 35.9 Å². The van der Waals surface area contributed by atoms with Gasteiger partial charge in [0.1, 0.15) is 5.75 Å². The lowest BCUT2D eigenvalue weighted by Crippen LogP contribution is -2.21. The highest BCUT2D eigenvalue weighted by molar-refractivity contribution is 7.99. The second-order valence-electron chi connectivity index (χ2n) is 4.87. The molecule has 120 valence electrons. The Morgan fingerprint density at radius 2 is 2.04 bits per heavy atom. The summed E-state index contributed by atoms with van der Waals surface area (Å²) in [5.74, 6) is 0.949. The first-order valence-electron chi connectivity index (χ1n) is 7.00. The Morgan fingerprint density at radius 1 is 1.26 bits per heavy atom. The molecule has 0 saturated heterocycles. The SMILES string of the molecule is C/C(=N/NC(=O)CSCc1cccc(Cl)c1)c1ccccc1O. The van der Waals surface area contributed by atoms with Crippen molar-refractivity contribution >= 4 is 35.0 Å². The van der Waals surface area contributed by atoms with Crippen LogP contribution in [0.25, 0.3) is 0 Å². The number of halogens is 1. The maximum Gasteiger partial charge on any atom is 0.250 e. The average Bonchev–Trinajstić information content (AvgIpc) is 2.53. The number of rotatable bonds is 6. The van der Waals surface area contributed by atoms with Crippen LogP contribution in [0.2, 0.25) is 5.02 Å². The summed E-state index contributed by atoms with van der Waals surface area (Å²) in [6.07, 6.45) is 0. The summed E-state index contributed by atoms with van der Waals surface area (Å²) in [5, 5.41) is 14.4. The predicted octanol–water partition coefficient (Wildman–Crippen LogP) is 3.82. The van der Waals surface area contributed by atoms with Gasteiger partial charge >= 0.3 is 0 Å². The third kappa shape index (κ3) is 5.62. The molecule has 0 saturated carbocycles. The Morgan fingerprint density at radius 3 is 2.78 bits per heavy atom. The number of carbonyl (C=O) groups excluding carboxylic acids is 1. The van der Waals surface area contributed by atoms with Crippen molar-refractivity contribution < 1.29 is 9.90 Å². The molecule has 2 N–H and O–H groups in total. The van der Waals surface area contributed by atoms with Gasteiger partial charge in [0.2, 0.25) is 5.91 Å². The largest absolute Gasteiger partial charge is 0.507 e. The van der Waals surface area contributed by atoms with Gasteiger partial charge in [-0.05, 0) is 36.8 Å². The van der Waals surface area contributed by atoms with Crippen LogP contribution in [0.15, 0.2) is 53.6 Å². The van der Waals surface area contributed by atoms with E-state index in [2.05, 4.69) is 10.5 Å². The van der Waals surface area contributed by atoms with Crippen molar-refractivity contribution in [3.63, 3.8) is 0 Å². The Bertz CT molecular complexity index is 719. The van der Waals surface area contributed by atoms with Gasteiger partial charge in [-0.3, -0.25) is 4.79 Å². The highest BCUT2D eigenvalue weighted by Gasteiger charge is 2.05. The number of hydrogen-bond donors (Lipinski definition) is 2. The molecule has 0 heterocycles. The van der Waals surface area contributed by atoms with E-state index in [-0.39, 0.29) is 11.7 Å². The molecule has 0 atom stereocenters. The summed E-state index contributed by atoms with van der Waals surface area (Å²) in [4.78, 5) is 11.8. The van der Waals surface area contributed by atoms with Gasteiger partial charge in [-0.15, -0.1) is 11.8 Å². The van der Waals surface area contributed by atoms with Gasteiger partial charge in [-0.2, -0.15) is 5.10 Å². The third-order valence-corrected chi connectivity index (χ3v) is 4.27. The number of amides is 1. The maximum atomic E-state index is 11.8. The molecule has 2 rings (SSSR count). The van der Waals surface area contributed by atoms with Crippen molar-refractivity contribution in [3.05, 3.63) is 64.7 Å². The van der Waals surface area contributed by atoms with Crippen molar-refractivity contribution in [3.8, 4) is 5.75 Å². The minimum absolute atomic E-state index is 0.137. The summed E-state index contributed by atoms with van der Waals surface area (Å²) in [7, 11) is 0. The number of hydrogen-bond acceptors (Lipinski definition) is 4. The smallest absolute Gasteiger partial charge is 0.250 e. The van der Waals surface area contributed by atoms with Crippen molar-refractivity contribution in [1.29, 1.82) is 0 Å².